The van der Waals surface area contributed by atoms with Crippen LogP contribution in [0.3, 0.4) is 0 Å². The van der Waals surface area contributed by atoms with E-state index in [9.17, 15) is 23.1 Å². The van der Waals surface area contributed by atoms with Crippen molar-refractivity contribution < 1.29 is 23.1 Å². The summed E-state index contributed by atoms with van der Waals surface area (Å²) >= 11 is 0. The zero-order valence-corrected chi connectivity index (χ0v) is 14.6. The Hall–Kier alpha value is -2.67. The molecule has 0 spiro atoms. The van der Waals surface area contributed by atoms with E-state index >= 15 is 0 Å². The molecule has 3 rings (SSSR count). The maximum absolute atomic E-state index is 13.0. The van der Waals surface area contributed by atoms with Crippen molar-refractivity contribution >= 4 is 27.4 Å². The first kappa shape index (κ1) is 17.2. The molecule has 7 heteroatoms. The molecule has 130 valence electrons. The number of carbonyl (C=O) groups excluding carboxylic acids is 1. The van der Waals surface area contributed by atoms with Crippen LogP contribution < -0.4 is 4.90 Å². The first-order valence-corrected chi connectivity index (χ1v) is 9.53. The molecule has 1 N–H and O–H groups in total. The molecular formula is C18H17NO5S. The second-order valence-electron chi connectivity index (χ2n) is 6.11. The number of anilines is 1. The highest BCUT2D eigenvalue weighted by Gasteiger charge is 2.37. The number of fused-ring (bicyclic) bond motifs is 1. The van der Waals surface area contributed by atoms with Crippen molar-refractivity contribution in [3.63, 3.8) is 0 Å². The van der Waals surface area contributed by atoms with Crippen LogP contribution >= 0.6 is 0 Å². The van der Waals surface area contributed by atoms with Gasteiger partial charge in [0.2, 0.25) is 0 Å². The molecule has 1 unspecified atom stereocenters. The van der Waals surface area contributed by atoms with Gasteiger partial charge in [0.05, 0.1) is 4.90 Å². The number of aliphatic carboxylic acids is 1. The van der Waals surface area contributed by atoms with Gasteiger partial charge in [-0.2, -0.15) is 0 Å². The molecule has 1 atom stereocenters. The molecule has 0 bridgehead atoms. The number of carbonyl (C=O) groups is 2. The van der Waals surface area contributed by atoms with Crippen molar-refractivity contribution in [1.82, 2.24) is 0 Å². The van der Waals surface area contributed by atoms with Crippen LogP contribution in [0.15, 0.2) is 47.4 Å². The zero-order chi connectivity index (χ0) is 18.4. The Bertz CT molecular complexity index is 981. The van der Waals surface area contributed by atoms with Gasteiger partial charge in [-0.05, 0) is 36.2 Å². The normalized spacial score (nSPS) is 16.6. The zero-order valence-electron chi connectivity index (χ0n) is 13.8. The average molecular weight is 359 g/mol. The van der Waals surface area contributed by atoms with Gasteiger partial charge in [-0.3, -0.25) is 9.59 Å². The Labute approximate surface area is 145 Å². The van der Waals surface area contributed by atoms with Gasteiger partial charge in [0, 0.05) is 24.1 Å². The molecule has 0 saturated carbocycles. The molecule has 1 amide bonds. The van der Waals surface area contributed by atoms with Gasteiger partial charge in [-0.1, -0.05) is 24.3 Å². The largest absolute Gasteiger partial charge is 0.481 e. The number of amides is 1. The summed E-state index contributed by atoms with van der Waals surface area (Å²) in [4.78, 5) is 26.0. The van der Waals surface area contributed by atoms with Crippen molar-refractivity contribution in [2.45, 2.75) is 17.7 Å². The van der Waals surface area contributed by atoms with Crippen molar-refractivity contribution in [2.24, 2.45) is 0 Å². The fraction of sp³-hybridized carbons (Fsp3) is 0.222. The predicted octanol–water partition coefficient (Wildman–Crippen LogP) is 2.23. The number of carboxylic acid groups (broad SMARTS) is 1. The highest BCUT2D eigenvalue weighted by Crippen LogP contribution is 2.37. The second-order valence-corrected chi connectivity index (χ2v) is 8.13. The molecule has 0 aliphatic carbocycles. The fourth-order valence-corrected chi connectivity index (χ4v) is 3.67. The summed E-state index contributed by atoms with van der Waals surface area (Å²) in [6.45, 7) is 1.74. The SMILES string of the molecule is Cc1ccc(S(C)(=O)=O)cc1C(=O)N1CC(C(=O)O)c2ccccc21. The average Bonchev–Trinajstić information content (AvgIpc) is 2.93. The number of aryl methyl sites for hydroxylation is 1. The van der Waals surface area contributed by atoms with Crippen molar-refractivity contribution in [3.05, 3.63) is 59.2 Å². The Morgan fingerprint density at radius 2 is 1.84 bits per heavy atom. The molecule has 0 saturated heterocycles. The van der Waals surface area contributed by atoms with Crippen LogP contribution in [0.25, 0.3) is 0 Å². The van der Waals surface area contributed by atoms with Gasteiger partial charge in [0.15, 0.2) is 9.84 Å². The lowest BCUT2D eigenvalue weighted by atomic mass is 10.0. The summed E-state index contributed by atoms with van der Waals surface area (Å²) in [7, 11) is -3.45. The molecule has 2 aromatic carbocycles. The van der Waals surface area contributed by atoms with Crippen LogP contribution in [0.2, 0.25) is 0 Å². The molecule has 25 heavy (non-hydrogen) atoms. The molecule has 2 aromatic rings. The number of benzene rings is 2. The Balaban J connectivity index is 2.07. The van der Waals surface area contributed by atoms with Gasteiger partial charge in [0.25, 0.3) is 5.91 Å². The van der Waals surface area contributed by atoms with Crippen LogP contribution in [0.4, 0.5) is 5.69 Å². The van der Waals surface area contributed by atoms with Gasteiger partial charge < -0.3 is 10.0 Å². The number of hydrogen-bond acceptors (Lipinski definition) is 4. The summed E-state index contributed by atoms with van der Waals surface area (Å²) in [6, 6.07) is 11.3. The van der Waals surface area contributed by atoms with Gasteiger partial charge in [-0.25, -0.2) is 8.42 Å². The minimum absolute atomic E-state index is 0.0239. The fourth-order valence-electron chi connectivity index (χ4n) is 3.02. The van der Waals surface area contributed by atoms with Gasteiger partial charge >= 0.3 is 5.97 Å². The molecule has 6 nitrogen and oxygen atoms in total. The first-order chi connectivity index (χ1) is 11.7. The van der Waals surface area contributed by atoms with Gasteiger partial charge in [-0.15, -0.1) is 0 Å². The van der Waals surface area contributed by atoms with Gasteiger partial charge in [0.1, 0.15) is 5.92 Å². The lowest BCUT2D eigenvalue weighted by Crippen LogP contribution is -2.31. The van der Waals surface area contributed by atoms with E-state index in [1.807, 2.05) is 0 Å². The maximum Gasteiger partial charge on any atom is 0.312 e. The number of para-hydroxylation sites is 1. The monoisotopic (exact) mass is 359 g/mol. The standard InChI is InChI=1S/C18H17NO5S/c1-11-7-8-12(25(2,23)24)9-14(11)17(20)19-10-15(18(21)22)13-5-3-4-6-16(13)19/h3-9,15H,10H2,1-2H3,(H,21,22). The Morgan fingerprint density at radius 3 is 2.48 bits per heavy atom. The third-order valence-corrected chi connectivity index (χ3v) is 5.49. The summed E-state index contributed by atoms with van der Waals surface area (Å²) in [5, 5.41) is 9.42. The van der Waals surface area contributed by atoms with E-state index in [1.54, 1.807) is 37.3 Å². The topological polar surface area (TPSA) is 91.8 Å². The van der Waals surface area contributed by atoms with E-state index in [4.69, 9.17) is 0 Å². The molecule has 1 aliphatic rings. The van der Waals surface area contributed by atoms with E-state index < -0.39 is 27.6 Å². The Kier molecular flexibility index (Phi) is 4.12. The maximum atomic E-state index is 13.0. The number of carboxylic acids is 1. The third-order valence-electron chi connectivity index (χ3n) is 4.38. The van der Waals surface area contributed by atoms with Crippen LogP contribution in [0, 0.1) is 6.92 Å². The quantitative estimate of drug-likeness (QED) is 0.907. The summed E-state index contributed by atoms with van der Waals surface area (Å²) < 4.78 is 23.6. The highest BCUT2D eigenvalue weighted by molar-refractivity contribution is 7.90. The third kappa shape index (κ3) is 3.02. The number of rotatable bonds is 3. The molecule has 0 fully saturated rings. The smallest absolute Gasteiger partial charge is 0.312 e. The summed E-state index contributed by atoms with van der Waals surface area (Å²) in [5.74, 6) is -2.19. The highest BCUT2D eigenvalue weighted by atomic mass is 32.2. The molecule has 0 aromatic heterocycles. The molecule has 1 aliphatic heterocycles. The van der Waals surface area contributed by atoms with Crippen molar-refractivity contribution in [1.29, 1.82) is 0 Å². The van der Waals surface area contributed by atoms with Crippen molar-refractivity contribution in [3.8, 4) is 0 Å². The number of nitrogens with zero attached hydrogens (tertiary/aromatic N) is 1. The van der Waals surface area contributed by atoms with E-state index in [2.05, 4.69) is 0 Å². The van der Waals surface area contributed by atoms with E-state index in [-0.39, 0.29) is 17.0 Å². The summed E-state index contributed by atoms with van der Waals surface area (Å²) in [6.07, 6.45) is 1.08. The van der Waals surface area contributed by atoms with Crippen molar-refractivity contribution in [2.75, 3.05) is 17.7 Å². The van der Waals surface area contributed by atoms with E-state index in [0.717, 1.165) is 6.26 Å². The minimum Gasteiger partial charge on any atom is -0.481 e. The van der Waals surface area contributed by atoms with E-state index in [1.165, 1.54) is 17.0 Å². The second kappa shape index (κ2) is 6.00. The predicted molar refractivity (Wildman–Crippen MR) is 92.8 cm³/mol. The summed E-state index contributed by atoms with van der Waals surface area (Å²) in [5.41, 5.74) is 2.02. The first-order valence-electron chi connectivity index (χ1n) is 7.64. The number of sulfone groups is 1. The minimum atomic E-state index is -3.45. The van der Waals surface area contributed by atoms with E-state index in [0.29, 0.717) is 16.8 Å². The molecular weight excluding hydrogens is 342 g/mol. The number of hydrogen-bond donors (Lipinski definition) is 1. The lowest BCUT2D eigenvalue weighted by molar-refractivity contribution is -0.138. The lowest BCUT2D eigenvalue weighted by Gasteiger charge is -2.19. The van der Waals surface area contributed by atoms with Crippen LogP contribution in [-0.2, 0) is 14.6 Å². The molecule has 0 radical (unpaired) electrons. The Morgan fingerprint density at radius 1 is 1.16 bits per heavy atom. The van der Waals surface area contributed by atoms with Crippen LogP contribution in [-0.4, -0.2) is 38.2 Å². The van der Waals surface area contributed by atoms with Crippen LogP contribution in [0.5, 0.6) is 0 Å². The molecule has 1 heterocycles. The van der Waals surface area contributed by atoms with Crippen LogP contribution in [0.1, 0.15) is 27.4 Å².